The Balaban J connectivity index is 2.26. The highest BCUT2D eigenvalue weighted by Crippen LogP contribution is 2.33. The lowest BCUT2D eigenvalue weighted by molar-refractivity contribution is 0.102. The first-order chi connectivity index (χ1) is 11.7. The number of likely N-dealkylation sites (N-methyl/N-ethyl adjacent to an activating group) is 1. The van der Waals surface area contributed by atoms with E-state index in [0.717, 1.165) is 15.6 Å². The van der Waals surface area contributed by atoms with Crippen molar-refractivity contribution in [2.24, 2.45) is 0 Å². The zero-order chi connectivity index (χ0) is 18.8. The number of carbonyl (C=O) groups excluding carboxylic acids is 1. The smallest absolute Gasteiger partial charge is 0.245 e. The Hall–Kier alpha value is -1.81. The number of halogens is 1. The summed E-state index contributed by atoms with van der Waals surface area (Å²) in [6.07, 6.45) is -1.11. The minimum Gasteiger partial charge on any atom is -0.387 e. The number of aliphatic hydroxyl groups excluding tert-OH is 1. The number of anilines is 1. The maximum absolute atomic E-state index is 13.0. The Morgan fingerprint density at radius 1 is 1.36 bits per heavy atom. The van der Waals surface area contributed by atoms with Crippen molar-refractivity contribution in [2.75, 3.05) is 26.0 Å². The number of hydrogen-bond acceptors (Lipinski definition) is 6. The number of aliphatic hydroxyl groups is 1. The first-order valence-corrected chi connectivity index (χ1v) is 9.65. The van der Waals surface area contributed by atoms with Crippen LogP contribution < -0.4 is 5.32 Å². The van der Waals surface area contributed by atoms with Crippen molar-refractivity contribution in [1.29, 1.82) is 0 Å². The van der Waals surface area contributed by atoms with Gasteiger partial charge < -0.3 is 10.4 Å². The molecule has 6 nitrogen and oxygen atoms in total. The van der Waals surface area contributed by atoms with E-state index in [0.29, 0.717) is 15.4 Å². The van der Waals surface area contributed by atoms with Gasteiger partial charge in [0.15, 0.2) is 5.78 Å². The van der Waals surface area contributed by atoms with Crippen molar-refractivity contribution in [3.8, 4) is 0 Å². The molecule has 0 fully saturated rings. The van der Waals surface area contributed by atoms with Gasteiger partial charge in [0.1, 0.15) is 15.7 Å². The number of nitrogens with one attached hydrogen (secondary N) is 1. The molecule has 136 valence electrons. The summed E-state index contributed by atoms with van der Waals surface area (Å²) in [6, 6.07) is 6.53. The number of Topliss-reactive ketones (excluding diaryl/α,β-unsaturated/α-hetero) is 1. The number of thiophene rings is 1. The molecule has 0 saturated carbocycles. The third kappa shape index (κ3) is 4.24. The van der Waals surface area contributed by atoms with E-state index in [2.05, 4.69) is 5.32 Å². The lowest BCUT2D eigenvalue weighted by atomic mass is 10.1. The van der Waals surface area contributed by atoms with E-state index in [1.807, 2.05) is 0 Å². The first kappa shape index (κ1) is 19.5. The van der Waals surface area contributed by atoms with Gasteiger partial charge in [-0.05, 0) is 30.7 Å². The molecule has 2 rings (SSSR count). The van der Waals surface area contributed by atoms with E-state index in [-0.39, 0.29) is 17.2 Å². The predicted molar refractivity (Wildman–Crippen MR) is 95.0 cm³/mol. The third-order valence-electron chi connectivity index (χ3n) is 3.65. The van der Waals surface area contributed by atoms with Crippen LogP contribution in [0.3, 0.4) is 0 Å². The second-order valence-electron chi connectivity index (χ2n) is 5.46. The molecule has 25 heavy (non-hydrogen) atoms. The van der Waals surface area contributed by atoms with E-state index in [4.69, 9.17) is 0 Å². The minimum atomic E-state index is -3.91. The third-order valence-corrected chi connectivity index (χ3v) is 6.88. The molecule has 0 aliphatic rings. The van der Waals surface area contributed by atoms with Gasteiger partial charge in [-0.25, -0.2) is 12.8 Å². The van der Waals surface area contributed by atoms with E-state index in [1.54, 1.807) is 7.05 Å². The van der Waals surface area contributed by atoms with Crippen LogP contribution >= 0.6 is 11.3 Å². The number of sulfonamides is 1. The van der Waals surface area contributed by atoms with Crippen molar-refractivity contribution in [3.05, 3.63) is 46.6 Å². The van der Waals surface area contributed by atoms with Crippen molar-refractivity contribution in [3.63, 3.8) is 0 Å². The monoisotopic (exact) mass is 386 g/mol. The number of hydrogen-bond donors (Lipinski definition) is 2. The summed E-state index contributed by atoms with van der Waals surface area (Å²) in [7, 11) is -0.999. The molecule has 1 aromatic carbocycles. The molecule has 2 N–H and O–H groups in total. The van der Waals surface area contributed by atoms with Gasteiger partial charge in [-0.2, -0.15) is 4.31 Å². The molecule has 0 aliphatic heterocycles. The first-order valence-electron chi connectivity index (χ1n) is 7.39. The van der Waals surface area contributed by atoms with Crippen LogP contribution in [-0.4, -0.2) is 44.3 Å². The summed E-state index contributed by atoms with van der Waals surface area (Å²) in [5.74, 6) is -0.664. The average molecular weight is 386 g/mol. The van der Waals surface area contributed by atoms with Crippen LogP contribution in [0.2, 0.25) is 0 Å². The van der Waals surface area contributed by atoms with Gasteiger partial charge in [0.25, 0.3) is 0 Å². The lowest BCUT2D eigenvalue weighted by Crippen LogP contribution is -2.31. The van der Waals surface area contributed by atoms with E-state index in [1.165, 1.54) is 44.3 Å². The lowest BCUT2D eigenvalue weighted by Gasteiger charge is -2.21. The summed E-state index contributed by atoms with van der Waals surface area (Å²) in [4.78, 5) is 11.8. The quantitative estimate of drug-likeness (QED) is 0.714. The van der Waals surface area contributed by atoms with Gasteiger partial charge in [0.05, 0.1) is 11.0 Å². The number of ketones is 1. The van der Waals surface area contributed by atoms with Crippen LogP contribution in [0.4, 0.5) is 9.39 Å². The maximum atomic E-state index is 13.0. The Morgan fingerprint density at radius 3 is 2.48 bits per heavy atom. The second kappa shape index (κ2) is 7.61. The standard InChI is InChI=1S/C16H19FN2O4S2/c1-10(20)14-8-15(16(18-2)24-14)25(22,23)19(3)9-13(21)11-4-6-12(17)7-5-11/h4-8,13,18,21H,9H2,1-3H3. The molecule has 1 aromatic heterocycles. The molecule has 0 radical (unpaired) electrons. The molecule has 1 unspecified atom stereocenters. The summed E-state index contributed by atoms with van der Waals surface area (Å²) in [5, 5.41) is 13.4. The van der Waals surface area contributed by atoms with Gasteiger partial charge >= 0.3 is 0 Å². The summed E-state index contributed by atoms with van der Waals surface area (Å²) in [6.45, 7) is 1.16. The highest BCUT2D eigenvalue weighted by molar-refractivity contribution is 7.89. The van der Waals surface area contributed by atoms with Gasteiger partial charge in [-0.3, -0.25) is 4.79 Å². The summed E-state index contributed by atoms with van der Waals surface area (Å²) < 4.78 is 39.5. The Labute approximate surface area is 150 Å². The highest BCUT2D eigenvalue weighted by Gasteiger charge is 2.28. The van der Waals surface area contributed by atoms with Crippen molar-refractivity contribution < 1.29 is 22.7 Å². The van der Waals surface area contributed by atoms with E-state index in [9.17, 15) is 22.7 Å². The van der Waals surface area contributed by atoms with Gasteiger partial charge in [-0.15, -0.1) is 11.3 Å². The number of nitrogens with zero attached hydrogens (tertiary/aromatic N) is 1. The second-order valence-corrected chi connectivity index (χ2v) is 8.53. The van der Waals surface area contributed by atoms with E-state index < -0.39 is 21.9 Å². The number of benzene rings is 1. The van der Waals surface area contributed by atoms with Crippen molar-refractivity contribution >= 4 is 32.1 Å². The average Bonchev–Trinajstić information content (AvgIpc) is 3.00. The van der Waals surface area contributed by atoms with Crippen LogP contribution in [0.15, 0.2) is 35.2 Å². The molecule has 0 saturated heterocycles. The molecule has 0 aliphatic carbocycles. The Kier molecular flexibility index (Phi) is 5.94. The van der Waals surface area contributed by atoms with Gasteiger partial charge in [0, 0.05) is 20.6 Å². The normalized spacial score (nSPS) is 13.0. The molecule has 2 aromatic rings. The van der Waals surface area contributed by atoms with Gasteiger partial charge in [0.2, 0.25) is 10.0 Å². The SMILES string of the molecule is CNc1sc(C(C)=O)cc1S(=O)(=O)N(C)CC(O)c1ccc(F)cc1. The maximum Gasteiger partial charge on any atom is 0.245 e. The minimum absolute atomic E-state index is 0.0148. The van der Waals surface area contributed by atoms with Crippen molar-refractivity contribution in [1.82, 2.24) is 4.31 Å². The fourth-order valence-electron chi connectivity index (χ4n) is 2.21. The molecule has 0 bridgehead atoms. The molecule has 1 atom stereocenters. The summed E-state index contributed by atoms with van der Waals surface area (Å²) >= 11 is 1.06. The zero-order valence-corrected chi connectivity index (χ0v) is 15.6. The predicted octanol–water partition coefficient (Wildman–Crippen LogP) is 2.49. The van der Waals surface area contributed by atoms with Crippen LogP contribution in [0, 0.1) is 5.82 Å². The molecule has 1 heterocycles. The molecule has 0 spiro atoms. The largest absolute Gasteiger partial charge is 0.387 e. The van der Waals surface area contributed by atoms with Crippen LogP contribution in [0.5, 0.6) is 0 Å². The zero-order valence-electron chi connectivity index (χ0n) is 14.0. The summed E-state index contributed by atoms with van der Waals surface area (Å²) in [5.41, 5.74) is 0.409. The fourth-order valence-corrected chi connectivity index (χ4v) is 4.81. The van der Waals surface area contributed by atoms with Crippen LogP contribution in [0.25, 0.3) is 0 Å². The molecular formula is C16H19FN2O4S2. The molecular weight excluding hydrogens is 367 g/mol. The molecule has 0 amide bonds. The fraction of sp³-hybridized carbons (Fsp3) is 0.312. The van der Waals surface area contributed by atoms with Crippen LogP contribution in [-0.2, 0) is 10.0 Å². The topological polar surface area (TPSA) is 86.7 Å². The Bertz CT molecular complexity index is 863. The van der Waals surface area contributed by atoms with Crippen molar-refractivity contribution in [2.45, 2.75) is 17.9 Å². The molecule has 9 heteroatoms. The number of rotatable bonds is 7. The van der Waals surface area contributed by atoms with Gasteiger partial charge in [-0.1, -0.05) is 12.1 Å². The van der Waals surface area contributed by atoms with E-state index >= 15 is 0 Å². The Morgan fingerprint density at radius 2 is 1.96 bits per heavy atom. The van der Waals surface area contributed by atoms with Crippen LogP contribution in [0.1, 0.15) is 28.3 Å². The number of carbonyl (C=O) groups is 1. The highest BCUT2D eigenvalue weighted by atomic mass is 32.2.